The number of hydrogen-bond donors (Lipinski definition) is 2. The van der Waals surface area contributed by atoms with Gasteiger partial charge in [-0.15, -0.1) is 17.0 Å². The molecule has 0 spiro atoms. The predicted molar refractivity (Wildman–Crippen MR) is 159 cm³/mol. The van der Waals surface area contributed by atoms with Gasteiger partial charge in [-0.2, -0.15) is 0 Å². The van der Waals surface area contributed by atoms with Crippen molar-refractivity contribution in [2.24, 2.45) is 5.92 Å². The molecule has 1 fully saturated rings. The first-order valence-electron chi connectivity index (χ1n) is 12.9. The molecule has 1 unspecified atom stereocenters. The molecular weight excluding hydrogens is 528 g/mol. The molecule has 0 radical (unpaired) electrons. The molecule has 1 heterocycles. The molecule has 37 heavy (non-hydrogen) atoms. The van der Waals surface area contributed by atoms with Gasteiger partial charge in [0.15, 0.2) is 5.78 Å². The Balaban J connectivity index is 0.00000481. The summed E-state index contributed by atoms with van der Waals surface area (Å²) < 4.78 is 5.36. The zero-order valence-electron chi connectivity index (χ0n) is 23.6. The van der Waals surface area contributed by atoms with Crippen LogP contribution in [0.25, 0.3) is 6.08 Å². The Hall–Kier alpha value is -2.60. The number of ketones is 1. The van der Waals surface area contributed by atoms with Crippen molar-refractivity contribution in [2.75, 3.05) is 20.2 Å². The lowest BCUT2D eigenvalue weighted by molar-refractivity contribution is 0.0963. The fourth-order valence-electron chi connectivity index (χ4n) is 4.87. The smallest absolute Gasteiger partial charge is 0.182 e. The second kappa shape index (κ2) is 11.8. The average Bonchev–Trinajstić information content (AvgIpc) is 3.06. The number of carbonyl (C=O) groups excluding carboxylic acids is 1. The molecule has 0 saturated carbocycles. The standard InChI is InChI=1S/C31H42N2O3.BrH/c1-9-11-21-18-33(29(32)24(21)15-20-12-10-13-23(14-20)36-8)19-27(34)22-16-25(30(2,3)4)28(35)26(17-22)31(5,6)7;/h10,12-17,21,32,35H,9,11,18-19H2,1-8H3;1H/b24-15+,32-29?;. The fraction of sp³-hybridized carbons (Fsp3) is 0.484. The summed E-state index contributed by atoms with van der Waals surface area (Å²) in [5.41, 5.74) is 3.49. The lowest BCUT2D eigenvalue weighted by Gasteiger charge is -2.28. The van der Waals surface area contributed by atoms with Gasteiger partial charge in [-0.05, 0) is 58.7 Å². The number of amidine groups is 1. The topological polar surface area (TPSA) is 73.6 Å². The first-order valence-corrected chi connectivity index (χ1v) is 12.9. The van der Waals surface area contributed by atoms with Crippen molar-refractivity contribution in [2.45, 2.75) is 72.1 Å². The van der Waals surface area contributed by atoms with Gasteiger partial charge in [0.1, 0.15) is 17.3 Å². The number of ether oxygens (including phenoxy) is 1. The van der Waals surface area contributed by atoms with Gasteiger partial charge in [0.05, 0.1) is 13.7 Å². The van der Waals surface area contributed by atoms with Crippen molar-refractivity contribution in [3.8, 4) is 11.5 Å². The third-order valence-corrected chi connectivity index (χ3v) is 6.91. The number of phenols is 1. The Bertz CT molecular complexity index is 1140. The minimum absolute atomic E-state index is 0. The zero-order valence-corrected chi connectivity index (χ0v) is 25.3. The third-order valence-electron chi connectivity index (χ3n) is 6.91. The van der Waals surface area contributed by atoms with Gasteiger partial charge in [0.2, 0.25) is 0 Å². The minimum atomic E-state index is -0.306. The molecule has 2 N–H and O–H groups in total. The summed E-state index contributed by atoms with van der Waals surface area (Å²) in [7, 11) is 1.65. The summed E-state index contributed by atoms with van der Waals surface area (Å²) in [6.45, 7) is 15.2. The molecule has 0 aromatic heterocycles. The van der Waals surface area contributed by atoms with E-state index in [1.807, 2.05) is 82.8 Å². The van der Waals surface area contributed by atoms with E-state index in [1.165, 1.54) is 0 Å². The Morgan fingerprint density at radius 2 is 1.70 bits per heavy atom. The molecule has 1 aliphatic rings. The van der Waals surface area contributed by atoms with Crippen LogP contribution < -0.4 is 4.74 Å². The van der Waals surface area contributed by atoms with Gasteiger partial charge in [-0.1, -0.05) is 67.0 Å². The van der Waals surface area contributed by atoms with E-state index >= 15 is 0 Å². The van der Waals surface area contributed by atoms with Gasteiger partial charge in [0.25, 0.3) is 0 Å². The monoisotopic (exact) mass is 570 g/mol. The molecule has 0 amide bonds. The molecule has 6 heteroatoms. The molecule has 2 aromatic carbocycles. The maximum absolute atomic E-state index is 13.6. The van der Waals surface area contributed by atoms with Crippen LogP contribution in [-0.4, -0.2) is 41.8 Å². The van der Waals surface area contributed by atoms with Crippen LogP contribution in [0.1, 0.15) is 88.4 Å². The van der Waals surface area contributed by atoms with Crippen LogP contribution in [0.15, 0.2) is 42.0 Å². The van der Waals surface area contributed by atoms with Crippen molar-refractivity contribution in [1.29, 1.82) is 5.41 Å². The van der Waals surface area contributed by atoms with Crippen LogP contribution >= 0.6 is 17.0 Å². The number of rotatable bonds is 7. The van der Waals surface area contributed by atoms with Crippen LogP contribution in [0.3, 0.4) is 0 Å². The van der Waals surface area contributed by atoms with E-state index in [0.29, 0.717) is 17.9 Å². The lowest BCUT2D eigenvalue weighted by atomic mass is 9.78. The first-order chi connectivity index (χ1) is 16.8. The number of hydrogen-bond acceptors (Lipinski definition) is 4. The van der Waals surface area contributed by atoms with Crippen molar-refractivity contribution in [3.05, 3.63) is 64.2 Å². The molecular formula is C31H43BrN2O3. The second-order valence-electron chi connectivity index (χ2n) is 11.9. The third kappa shape index (κ3) is 7.04. The van der Waals surface area contributed by atoms with Crippen LogP contribution in [0.2, 0.25) is 0 Å². The van der Waals surface area contributed by atoms with Crippen molar-refractivity contribution < 1.29 is 14.6 Å². The number of benzene rings is 2. The summed E-state index contributed by atoms with van der Waals surface area (Å²) in [6.07, 6.45) is 4.03. The van der Waals surface area contributed by atoms with Crippen LogP contribution in [0.5, 0.6) is 11.5 Å². The molecule has 3 rings (SSSR count). The van der Waals surface area contributed by atoms with Gasteiger partial charge in [-0.25, -0.2) is 0 Å². The Morgan fingerprint density at radius 3 is 2.22 bits per heavy atom. The number of aromatic hydroxyl groups is 1. The molecule has 2 aromatic rings. The van der Waals surface area contributed by atoms with E-state index in [9.17, 15) is 9.90 Å². The predicted octanol–water partition coefficient (Wildman–Crippen LogP) is 7.55. The number of nitrogens with zero attached hydrogens (tertiary/aromatic N) is 1. The lowest BCUT2D eigenvalue weighted by Crippen LogP contribution is -2.31. The normalized spacial score (nSPS) is 17.2. The van der Waals surface area contributed by atoms with E-state index < -0.39 is 0 Å². The van der Waals surface area contributed by atoms with Crippen molar-refractivity contribution in [1.82, 2.24) is 4.90 Å². The summed E-state index contributed by atoms with van der Waals surface area (Å²) in [5, 5.41) is 20.0. The highest BCUT2D eigenvalue weighted by Crippen LogP contribution is 2.40. The highest BCUT2D eigenvalue weighted by molar-refractivity contribution is 8.93. The Morgan fingerprint density at radius 1 is 1.11 bits per heavy atom. The van der Waals surface area contributed by atoms with Crippen molar-refractivity contribution >= 4 is 34.7 Å². The maximum atomic E-state index is 13.6. The second-order valence-corrected chi connectivity index (χ2v) is 11.9. The molecule has 5 nitrogen and oxygen atoms in total. The van der Waals surface area contributed by atoms with Crippen molar-refractivity contribution in [3.63, 3.8) is 0 Å². The quantitative estimate of drug-likeness (QED) is 0.337. The molecule has 0 aliphatic carbocycles. The van der Waals surface area contributed by atoms with Gasteiger partial charge in [0, 0.05) is 29.2 Å². The highest BCUT2D eigenvalue weighted by atomic mass is 79.9. The zero-order chi connectivity index (χ0) is 26.8. The molecule has 202 valence electrons. The largest absolute Gasteiger partial charge is 0.507 e. The molecule has 1 atom stereocenters. The Labute approximate surface area is 233 Å². The SMILES string of the molecule is Br.CCCC1CN(CC(=O)c2cc(C(C)(C)C)c(O)c(C(C)(C)C)c2)C(=N)/C1=C/c1cccc(OC)c1. The number of likely N-dealkylation sites (tertiary alicyclic amines) is 1. The van der Waals surface area contributed by atoms with Gasteiger partial charge >= 0.3 is 0 Å². The maximum Gasteiger partial charge on any atom is 0.182 e. The molecule has 1 saturated heterocycles. The number of halogens is 1. The van der Waals surface area contributed by atoms with E-state index in [1.54, 1.807) is 7.11 Å². The molecule has 1 aliphatic heterocycles. The summed E-state index contributed by atoms with van der Waals surface area (Å²) in [5.74, 6) is 1.64. The number of phenolic OH excluding ortho intramolecular Hbond substituents is 1. The van der Waals surface area contributed by atoms with Gasteiger partial charge in [-0.3, -0.25) is 10.2 Å². The van der Waals surface area contributed by atoms with Crippen LogP contribution in [0, 0.1) is 11.3 Å². The number of carbonyl (C=O) groups is 1. The number of methoxy groups -OCH3 is 1. The number of Topliss-reactive ketones (excluding diaryl/α,β-unsaturated/α-hetero) is 1. The summed E-state index contributed by atoms with van der Waals surface area (Å²) >= 11 is 0. The van der Waals surface area contributed by atoms with Gasteiger partial charge < -0.3 is 14.7 Å². The molecule has 0 bridgehead atoms. The highest BCUT2D eigenvalue weighted by Gasteiger charge is 2.34. The average molecular weight is 572 g/mol. The summed E-state index contributed by atoms with van der Waals surface area (Å²) in [4.78, 5) is 15.5. The Kier molecular flexibility index (Phi) is 9.81. The van der Waals surface area contributed by atoms with E-state index in [-0.39, 0.29) is 51.8 Å². The fourth-order valence-corrected chi connectivity index (χ4v) is 4.87. The van der Waals surface area contributed by atoms with E-state index in [0.717, 1.165) is 40.9 Å². The van der Waals surface area contributed by atoms with E-state index in [4.69, 9.17) is 10.1 Å². The minimum Gasteiger partial charge on any atom is -0.507 e. The number of nitrogens with one attached hydrogen (secondary N) is 1. The van der Waals surface area contributed by atoms with Crippen LogP contribution in [-0.2, 0) is 10.8 Å². The summed E-state index contributed by atoms with van der Waals surface area (Å²) in [6, 6.07) is 11.5. The first kappa shape index (κ1) is 30.6. The van der Waals surface area contributed by atoms with E-state index in [2.05, 4.69) is 13.0 Å². The van der Waals surface area contributed by atoms with Crippen LogP contribution in [0.4, 0.5) is 0 Å².